The molecule has 7 nitrogen and oxygen atoms in total. The number of fused-ring (bicyclic) bond motifs is 1. The fraction of sp³-hybridized carbons (Fsp3) is 0.107. The van der Waals surface area contributed by atoms with E-state index in [0.717, 1.165) is 26.9 Å². The Kier molecular flexibility index (Phi) is 6.08. The second kappa shape index (κ2) is 9.50. The molecule has 1 aliphatic heterocycles. The van der Waals surface area contributed by atoms with Crippen molar-refractivity contribution in [1.29, 1.82) is 0 Å². The maximum Gasteiger partial charge on any atom is 0.329 e. The fourth-order valence-corrected chi connectivity index (χ4v) is 4.29. The maximum absolute atomic E-state index is 13.8. The van der Waals surface area contributed by atoms with E-state index in [1.807, 2.05) is 49.5 Å². The highest BCUT2D eigenvalue weighted by Crippen LogP contribution is 2.26. The van der Waals surface area contributed by atoms with Crippen molar-refractivity contribution in [3.63, 3.8) is 0 Å². The number of halogens is 1. The molecule has 5 rings (SSSR count). The summed E-state index contributed by atoms with van der Waals surface area (Å²) in [7, 11) is 0. The summed E-state index contributed by atoms with van der Waals surface area (Å²) in [4.78, 5) is 38.6. The van der Waals surface area contributed by atoms with Gasteiger partial charge in [-0.25, -0.2) is 14.1 Å². The second-order valence-corrected chi connectivity index (χ2v) is 8.63. The molecule has 4 aromatic rings. The highest BCUT2D eigenvalue weighted by Gasteiger charge is 2.35. The summed E-state index contributed by atoms with van der Waals surface area (Å²) in [6.45, 7) is 2.16. The first-order valence-corrected chi connectivity index (χ1v) is 11.4. The average Bonchev–Trinajstić information content (AvgIpc) is 3.32. The predicted molar refractivity (Wildman–Crippen MR) is 135 cm³/mol. The minimum Gasteiger partial charge on any atom is -0.342 e. The molecule has 1 fully saturated rings. The lowest BCUT2D eigenvalue weighted by Gasteiger charge is -2.12. The number of hydrogen-bond acceptors (Lipinski definition) is 3. The molecule has 3 aromatic carbocycles. The zero-order valence-electron chi connectivity index (χ0n) is 19.5. The molecular formula is C28H23FN4O3. The number of anilines is 1. The minimum absolute atomic E-state index is 0.0215. The monoisotopic (exact) mass is 482 g/mol. The van der Waals surface area contributed by atoms with Gasteiger partial charge in [0.2, 0.25) is 5.91 Å². The van der Waals surface area contributed by atoms with Crippen molar-refractivity contribution in [2.24, 2.45) is 0 Å². The van der Waals surface area contributed by atoms with Crippen molar-refractivity contribution in [3.05, 3.63) is 107 Å². The molecular weight excluding hydrogens is 459 g/mol. The van der Waals surface area contributed by atoms with E-state index in [9.17, 15) is 18.8 Å². The number of hydrogen-bond donors (Lipinski definition) is 2. The topological polar surface area (TPSA) is 83.4 Å². The summed E-state index contributed by atoms with van der Waals surface area (Å²) in [5.74, 6) is -1.91. The summed E-state index contributed by atoms with van der Waals surface area (Å²) in [5.41, 5.74) is 4.11. The molecule has 0 atom stereocenters. The van der Waals surface area contributed by atoms with Gasteiger partial charge in [-0.2, -0.15) is 0 Å². The van der Waals surface area contributed by atoms with Crippen LogP contribution in [0.5, 0.6) is 0 Å². The molecule has 0 bridgehead atoms. The van der Waals surface area contributed by atoms with Gasteiger partial charge in [0.1, 0.15) is 18.1 Å². The molecule has 0 saturated carbocycles. The summed E-state index contributed by atoms with van der Waals surface area (Å²) >= 11 is 0. The summed E-state index contributed by atoms with van der Waals surface area (Å²) in [6, 6.07) is 21.0. The second-order valence-electron chi connectivity index (χ2n) is 8.63. The SMILES string of the molecule is Cc1cccc(Cn2cc(/C=C3/NC(=O)N(CC(=O)Nc4ccccc4F)C3=O)c3ccccc32)c1. The van der Waals surface area contributed by atoms with Crippen LogP contribution < -0.4 is 10.6 Å². The highest BCUT2D eigenvalue weighted by molar-refractivity contribution is 6.16. The number of carbonyl (C=O) groups is 3. The largest absolute Gasteiger partial charge is 0.342 e. The lowest BCUT2D eigenvalue weighted by atomic mass is 10.1. The molecule has 2 heterocycles. The van der Waals surface area contributed by atoms with Gasteiger partial charge in [0, 0.05) is 29.2 Å². The van der Waals surface area contributed by atoms with Gasteiger partial charge in [-0.05, 0) is 36.8 Å². The Labute approximate surface area is 206 Å². The number of aryl methyl sites for hydroxylation is 1. The Morgan fingerprint density at radius 1 is 1.03 bits per heavy atom. The summed E-state index contributed by atoms with van der Waals surface area (Å²) < 4.78 is 15.9. The molecule has 1 aliphatic rings. The van der Waals surface area contributed by atoms with Crippen LogP contribution >= 0.6 is 0 Å². The van der Waals surface area contributed by atoms with Gasteiger partial charge in [0.15, 0.2) is 0 Å². The number of carbonyl (C=O) groups excluding carboxylic acids is 3. The summed E-state index contributed by atoms with van der Waals surface area (Å²) in [6.07, 6.45) is 3.55. The minimum atomic E-state index is -0.710. The van der Waals surface area contributed by atoms with Crippen molar-refractivity contribution in [1.82, 2.24) is 14.8 Å². The van der Waals surface area contributed by atoms with Crippen LogP contribution in [0, 0.1) is 12.7 Å². The Hall–Kier alpha value is -4.72. The van der Waals surface area contributed by atoms with E-state index in [2.05, 4.69) is 27.3 Å². The van der Waals surface area contributed by atoms with Gasteiger partial charge in [-0.1, -0.05) is 60.2 Å². The number of amides is 4. The van der Waals surface area contributed by atoms with Crippen molar-refractivity contribution in [3.8, 4) is 0 Å². The third kappa shape index (κ3) is 4.61. The zero-order valence-corrected chi connectivity index (χ0v) is 19.5. The van der Waals surface area contributed by atoms with E-state index in [-0.39, 0.29) is 11.4 Å². The quantitative estimate of drug-likeness (QED) is 0.310. The van der Waals surface area contributed by atoms with E-state index >= 15 is 0 Å². The normalized spacial score (nSPS) is 14.5. The van der Waals surface area contributed by atoms with E-state index in [4.69, 9.17) is 0 Å². The number of benzene rings is 3. The van der Waals surface area contributed by atoms with Gasteiger partial charge >= 0.3 is 6.03 Å². The molecule has 0 unspecified atom stereocenters. The van der Waals surface area contributed by atoms with Gasteiger partial charge in [-0.15, -0.1) is 0 Å². The molecule has 1 saturated heterocycles. The highest BCUT2D eigenvalue weighted by atomic mass is 19.1. The van der Waals surface area contributed by atoms with Crippen molar-refractivity contribution < 1.29 is 18.8 Å². The van der Waals surface area contributed by atoms with Crippen LogP contribution in [0.2, 0.25) is 0 Å². The van der Waals surface area contributed by atoms with E-state index < -0.39 is 30.2 Å². The molecule has 8 heteroatoms. The molecule has 1 aromatic heterocycles. The number of nitrogens with one attached hydrogen (secondary N) is 2. The standard InChI is InChI=1S/C28H23FN4O3/c1-18-7-6-8-19(13-18)15-32-16-20(21-9-2-5-12-25(21)32)14-24-27(35)33(28(36)31-24)17-26(34)30-23-11-4-3-10-22(23)29/h2-14,16H,15,17H2,1H3,(H,30,34)(H,31,36)/b24-14+. The third-order valence-corrected chi connectivity index (χ3v) is 5.97. The van der Waals surface area contributed by atoms with Gasteiger partial charge < -0.3 is 15.2 Å². The van der Waals surface area contributed by atoms with Crippen LogP contribution in [0.3, 0.4) is 0 Å². The van der Waals surface area contributed by atoms with Crippen LogP contribution in [0.15, 0.2) is 84.7 Å². The van der Waals surface area contributed by atoms with Gasteiger partial charge in [-0.3, -0.25) is 9.59 Å². The van der Waals surface area contributed by atoms with Crippen LogP contribution in [0.4, 0.5) is 14.9 Å². The van der Waals surface area contributed by atoms with Crippen LogP contribution in [-0.4, -0.2) is 33.9 Å². The number of rotatable bonds is 6. The Bertz CT molecular complexity index is 1540. The van der Waals surface area contributed by atoms with Crippen molar-refractivity contribution in [2.45, 2.75) is 13.5 Å². The summed E-state index contributed by atoms with van der Waals surface area (Å²) in [5, 5.41) is 5.86. The molecule has 4 amide bonds. The molecule has 180 valence electrons. The zero-order chi connectivity index (χ0) is 25.2. The first-order chi connectivity index (χ1) is 17.4. The first kappa shape index (κ1) is 23.0. The van der Waals surface area contributed by atoms with Crippen molar-refractivity contribution >= 4 is 40.5 Å². The molecule has 0 aliphatic carbocycles. The van der Waals surface area contributed by atoms with Crippen LogP contribution in [0.1, 0.15) is 16.7 Å². The predicted octanol–water partition coefficient (Wildman–Crippen LogP) is 4.67. The Morgan fingerprint density at radius 3 is 2.61 bits per heavy atom. The third-order valence-electron chi connectivity index (χ3n) is 5.97. The Balaban J connectivity index is 1.38. The van der Waals surface area contributed by atoms with Gasteiger partial charge in [0.05, 0.1) is 5.69 Å². The van der Waals surface area contributed by atoms with Gasteiger partial charge in [0.25, 0.3) is 5.91 Å². The first-order valence-electron chi connectivity index (χ1n) is 11.4. The van der Waals surface area contributed by atoms with E-state index in [1.54, 1.807) is 12.1 Å². The average molecular weight is 483 g/mol. The number of imide groups is 1. The fourth-order valence-electron chi connectivity index (χ4n) is 4.29. The molecule has 0 radical (unpaired) electrons. The lowest BCUT2D eigenvalue weighted by Crippen LogP contribution is -2.38. The smallest absolute Gasteiger partial charge is 0.329 e. The van der Waals surface area contributed by atoms with E-state index in [0.29, 0.717) is 6.54 Å². The lowest BCUT2D eigenvalue weighted by molar-refractivity contribution is -0.127. The van der Waals surface area contributed by atoms with Crippen LogP contribution in [-0.2, 0) is 16.1 Å². The number of para-hydroxylation sites is 2. The van der Waals surface area contributed by atoms with Crippen LogP contribution in [0.25, 0.3) is 17.0 Å². The molecule has 36 heavy (non-hydrogen) atoms. The Morgan fingerprint density at radius 2 is 1.81 bits per heavy atom. The van der Waals surface area contributed by atoms with E-state index in [1.165, 1.54) is 23.8 Å². The molecule has 2 N–H and O–H groups in total. The number of aromatic nitrogens is 1. The number of nitrogens with zero attached hydrogens (tertiary/aromatic N) is 2. The molecule has 0 spiro atoms. The van der Waals surface area contributed by atoms with Crippen molar-refractivity contribution in [2.75, 3.05) is 11.9 Å². The number of urea groups is 1. The maximum atomic E-state index is 13.8.